The average molecular weight is 246 g/mol. The van der Waals surface area contributed by atoms with Crippen molar-refractivity contribution in [2.45, 2.75) is 46.2 Å². The molecule has 18 heavy (non-hydrogen) atoms. The number of nitrogens with zero attached hydrogens (tertiary/aromatic N) is 1. The molecule has 1 aliphatic rings. The van der Waals surface area contributed by atoms with E-state index in [1.54, 1.807) is 0 Å². The van der Waals surface area contributed by atoms with E-state index in [-0.39, 0.29) is 0 Å². The molecule has 0 bridgehead atoms. The Labute approximate surface area is 111 Å². The van der Waals surface area contributed by atoms with Gasteiger partial charge in [-0.3, -0.25) is 4.90 Å². The highest BCUT2D eigenvalue weighted by molar-refractivity contribution is 5.31. The van der Waals surface area contributed by atoms with Crippen molar-refractivity contribution in [1.82, 2.24) is 4.90 Å². The smallest absolute Gasteiger partial charge is 0.0236 e. The van der Waals surface area contributed by atoms with Crippen molar-refractivity contribution in [3.05, 3.63) is 34.9 Å². The van der Waals surface area contributed by atoms with Crippen molar-refractivity contribution in [2.24, 2.45) is 11.7 Å². The zero-order chi connectivity index (χ0) is 13.0. The number of hydrogen-bond donors (Lipinski definition) is 1. The first-order valence-electron chi connectivity index (χ1n) is 7.23. The molecule has 1 aliphatic carbocycles. The summed E-state index contributed by atoms with van der Waals surface area (Å²) in [6, 6.07) is 6.66. The van der Waals surface area contributed by atoms with Gasteiger partial charge in [-0.05, 0) is 55.3 Å². The molecule has 0 saturated heterocycles. The zero-order valence-corrected chi connectivity index (χ0v) is 11.8. The lowest BCUT2D eigenvalue weighted by atomic mass is 10.0. The Morgan fingerprint density at radius 1 is 1.33 bits per heavy atom. The van der Waals surface area contributed by atoms with E-state index in [9.17, 15) is 0 Å². The molecule has 0 aromatic heterocycles. The fourth-order valence-electron chi connectivity index (χ4n) is 2.52. The van der Waals surface area contributed by atoms with Crippen molar-refractivity contribution >= 4 is 0 Å². The van der Waals surface area contributed by atoms with Crippen LogP contribution in [-0.4, -0.2) is 18.0 Å². The second kappa shape index (κ2) is 6.35. The molecule has 2 nitrogen and oxygen atoms in total. The van der Waals surface area contributed by atoms with E-state index in [0.29, 0.717) is 6.54 Å². The van der Waals surface area contributed by atoms with Crippen molar-refractivity contribution in [3.63, 3.8) is 0 Å². The van der Waals surface area contributed by atoms with Gasteiger partial charge in [-0.25, -0.2) is 0 Å². The summed E-state index contributed by atoms with van der Waals surface area (Å²) in [5.41, 5.74) is 9.76. The molecular weight excluding hydrogens is 220 g/mol. The Bertz CT molecular complexity index is 383. The summed E-state index contributed by atoms with van der Waals surface area (Å²) in [4.78, 5) is 2.61. The van der Waals surface area contributed by atoms with E-state index in [2.05, 4.69) is 36.9 Å². The van der Waals surface area contributed by atoms with Crippen LogP contribution in [0.4, 0.5) is 0 Å². The topological polar surface area (TPSA) is 29.3 Å². The molecule has 0 heterocycles. The fraction of sp³-hybridized carbons (Fsp3) is 0.625. The normalized spacial score (nSPS) is 15.3. The van der Waals surface area contributed by atoms with Gasteiger partial charge in [0.05, 0.1) is 0 Å². The van der Waals surface area contributed by atoms with E-state index in [1.165, 1.54) is 49.0 Å². The molecule has 1 aromatic carbocycles. The van der Waals surface area contributed by atoms with Gasteiger partial charge in [-0.1, -0.05) is 25.1 Å². The summed E-state index contributed by atoms with van der Waals surface area (Å²) in [7, 11) is 0. The maximum absolute atomic E-state index is 5.68. The Morgan fingerprint density at radius 3 is 2.67 bits per heavy atom. The Hall–Kier alpha value is -0.860. The van der Waals surface area contributed by atoms with Gasteiger partial charge < -0.3 is 5.73 Å². The van der Waals surface area contributed by atoms with Crippen LogP contribution in [0.2, 0.25) is 0 Å². The van der Waals surface area contributed by atoms with Crippen LogP contribution in [0.5, 0.6) is 0 Å². The van der Waals surface area contributed by atoms with Crippen molar-refractivity contribution in [2.75, 3.05) is 13.1 Å². The van der Waals surface area contributed by atoms with Crippen LogP contribution in [-0.2, 0) is 13.1 Å². The molecule has 0 radical (unpaired) electrons. The Morgan fingerprint density at radius 2 is 2.11 bits per heavy atom. The quantitative estimate of drug-likeness (QED) is 0.801. The van der Waals surface area contributed by atoms with E-state index < -0.39 is 0 Å². The summed E-state index contributed by atoms with van der Waals surface area (Å²) < 4.78 is 0. The lowest BCUT2D eigenvalue weighted by Crippen LogP contribution is -2.26. The largest absolute Gasteiger partial charge is 0.326 e. The standard InChI is InChI=1S/C16H26N2/c1-3-8-18(11-14-4-5-14)12-16-7-6-15(10-17)9-13(16)2/h6-7,9,14H,3-5,8,10-12,17H2,1-2H3. The molecule has 2 heteroatoms. The van der Waals surface area contributed by atoms with Gasteiger partial charge in [-0.2, -0.15) is 0 Å². The second-order valence-electron chi connectivity index (χ2n) is 5.64. The first-order chi connectivity index (χ1) is 8.72. The predicted octanol–water partition coefficient (Wildman–Crippen LogP) is 3.08. The average Bonchev–Trinajstić information content (AvgIpc) is 3.16. The Kier molecular flexibility index (Phi) is 4.79. The van der Waals surface area contributed by atoms with E-state index in [4.69, 9.17) is 5.73 Å². The fourth-order valence-corrected chi connectivity index (χ4v) is 2.52. The highest BCUT2D eigenvalue weighted by Gasteiger charge is 2.24. The van der Waals surface area contributed by atoms with Crippen LogP contribution in [0.1, 0.15) is 42.9 Å². The molecule has 1 fully saturated rings. The molecule has 1 aromatic rings. The molecule has 100 valence electrons. The van der Waals surface area contributed by atoms with E-state index >= 15 is 0 Å². The number of aryl methyl sites for hydroxylation is 1. The third kappa shape index (κ3) is 3.82. The highest BCUT2D eigenvalue weighted by Crippen LogP contribution is 2.30. The zero-order valence-electron chi connectivity index (χ0n) is 11.8. The molecule has 0 unspecified atom stereocenters. The third-order valence-electron chi connectivity index (χ3n) is 3.79. The molecule has 1 saturated carbocycles. The SMILES string of the molecule is CCCN(Cc1ccc(CN)cc1C)CC1CC1. The van der Waals surface area contributed by atoms with Gasteiger partial charge in [0, 0.05) is 19.6 Å². The van der Waals surface area contributed by atoms with E-state index in [1.807, 2.05) is 0 Å². The highest BCUT2D eigenvalue weighted by atomic mass is 15.1. The van der Waals surface area contributed by atoms with Gasteiger partial charge in [0.1, 0.15) is 0 Å². The van der Waals surface area contributed by atoms with Crippen LogP contribution in [0.15, 0.2) is 18.2 Å². The molecular formula is C16H26N2. The van der Waals surface area contributed by atoms with Crippen LogP contribution in [0, 0.1) is 12.8 Å². The predicted molar refractivity (Wildman–Crippen MR) is 77.4 cm³/mol. The maximum Gasteiger partial charge on any atom is 0.0236 e. The summed E-state index contributed by atoms with van der Waals surface area (Å²) in [5.74, 6) is 0.972. The van der Waals surface area contributed by atoms with Crippen molar-refractivity contribution in [3.8, 4) is 0 Å². The lowest BCUT2D eigenvalue weighted by Gasteiger charge is -2.22. The number of hydrogen-bond acceptors (Lipinski definition) is 2. The number of benzene rings is 1. The van der Waals surface area contributed by atoms with Gasteiger partial charge in [0.2, 0.25) is 0 Å². The van der Waals surface area contributed by atoms with Crippen molar-refractivity contribution in [1.29, 1.82) is 0 Å². The Balaban J connectivity index is 2.00. The summed E-state index contributed by atoms with van der Waals surface area (Å²) >= 11 is 0. The number of nitrogens with two attached hydrogens (primary N) is 1. The molecule has 2 N–H and O–H groups in total. The van der Waals surface area contributed by atoms with Crippen LogP contribution < -0.4 is 5.73 Å². The minimum atomic E-state index is 0.641. The van der Waals surface area contributed by atoms with Crippen LogP contribution >= 0.6 is 0 Å². The number of rotatable bonds is 7. The third-order valence-corrected chi connectivity index (χ3v) is 3.79. The monoisotopic (exact) mass is 246 g/mol. The molecule has 0 amide bonds. The summed E-state index contributed by atoms with van der Waals surface area (Å²) in [5, 5.41) is 0. The minimum Gasteiger partial charge on any atom is -0.326 e. The van der Waals surface area contributed by atoms with Gasteiger partial charge in [0.15, 0.2) is 0 Å². The van der Waals surface area contributed by atoms with Crippen molar-refractivity contribution < 1.29 is 0 Å². The van der Waals surface area contributed by atoms with Gasteiger partial charge >= 0.3 is 0 Å². The summed E-state index contributed by atoms with van der Waals surface area (Å²) in [6.07, 6.45) is 4.11. The molecule has 0 atom stereocenters. The van der Waals surface area contributed by atoms with Gasteiger partial charge in [-0.15, -0.1) is 0 Å². The first kappa shape index (κ1) is 13.6. The second-order valence-corrected chi connectivity index (χ2v) is 5.64. The lowest BCUT2D eigenvalue weighted by molar-refractivity contribution is 0.254. The molecule has 2 rings (SSSR count). The first-order valence-corrected chi connectivity index (χ1v) is 7.23. The minimum absolute atomic E-state index is 0.641. The van der Waals surface area contributed by atoms with Crippen LogP contribution in [0.3, 0.4) is 0 Å². The van der Waals surface area contributed by atoms with E-state index in [0.717, 1.165) is 12.5 Å². The molecule has 0 aliphatic heterocycles. The summed E-state index contributed by atoms with van der Waals surface area (Å²) in [6.45, 7) is 8.71. The van der Waals surface area contributed by atoms with Crippen LogP contribution in [0.25, 0.3) is 0 Å². The maximum atomic E-state index is 5.68. The van der Waals surface area contributed by atoms with Gasteiger partial charge in [0.25, 0.3) is 0 Å². The molecule has 0 spiro atoms.